The van der Waals surface area contributed by atoms with Crippen molar-refractivity contribution in [2.45, 2.75) is 39.4 Å². The number of aryl methyl sites for hydroxylation is 1. The van der Waals surface area contributed by atoms with Gasteiger partial charge in [0.25, 0.3) is 0 Å². The van der Waals surface area contributed by atoms with Crippen LogP contribution in [0.25, 0.3) is 0 Å². The molecule has 0 amide bonds. The van der Waals surface area contributed by atoms with Crippen molar-refractivity contribution < 1.29 is 13.2 Å². The summed E-state index contributed by atoms with van der Waals surface area (Å²) in [5.41, 5.74) is -0.491. The van der Waals surface area contributed by atoms with Gasteiger partial charge in [-0.25, -0.2) is 4.98 Å². The Bertz CT molecular complexity index is 378. The number of halogens is 3. The van der Waals surface area contributed by atoms with Gasteiger partial charge in [0, 0.05) is 5.54 Å². The van der Waals surface area contributed by atoms with E-state index in [4.69, 9.17) is 0 Å². The Labute approximate surface area is 92.9 Å². The molecule has 0 aliphatic carbocycles. The highest BCUT2D eigenvalue weighted by molar-refractivity contribution is 5.46. The van der Waals surface area contributed by atoms with Crippen LogP contribution in [-0.4, -0.2) is 10.5 Å². The number of pyridine rings is 1. The molecule has 5 heteroatoms. The fraction of sp³-hybridized carbons (Fsp3) is 0.545. The fourth-order valence-electron chi connectivity index (χ4n) is 1.17. The predicted molar refractivity (Wildman–Crippen MR) is 57.4 cm³/mol. The molecule has 0 saturated heterocycles. The summed E-state index contributed by atoms with van der Waals surface area (Å²) in [5, 5.41) is 2.95. The smallest absolute Gasteiger partial charge is 0.365 e. The number of anilines is 1. The van der Waals surface area contributed by atoms with E-state index in [2.05, 4.69) is 10.3 Å². The Morgan fingerprint density at radius 3 is 2.12 bits per heavy atom. The van der Waals surface area contributed by atoms with E-state index in [1.807, 2.05) is 20.8 Å². The normalized spacial score (nSPS) is 12.7. The third-order valence-corrected chi connectivity index (χ3v) is 1.88. The zero-order chi connectivity index (χ0) is 12.6. The minimum absolute atomic E-state index is 0.280. The molecule has 0 atom stereocenters. The van der Waals surface area contributed by atoms with Crippen molar-refractivity contribution in [2.75, 3.05) is 5.32 Å². The molecular weight excluding hydrogens is 217 g/mol. The van der Waals surface area contributed by atoms with E-state index < -0.39 is 11.9 Å². The molecule has 1 rings (SSSR count). The average molecular weight is 232 g/mol. The maximum absolute atomic E-state index is 12.4. The third kappa shape index (κ3) is 3.40. The summed E-state index contributed by atoms with van der Waals surface area (Å²) in [6, 6.07) is 2.41. The molecule has 1 heterocycles. The van der Waals surface area contributed by atoms with Gasteiger partial charge < -0.3 is 5.32 Å². The van der Waals surface area contributed by atoms with Gasteiger partial charge >= 0.3 is 6.18 Å². The largest absolute Gasteiger partial charge is 0.433 e. The first-order valence-corrected chi connectivity index (χ1v) is 4.92. The van der Waals surface area contributed by atoms with Gasteiger partial charge in [-0.2, -0.15) is 13.2 Å². The summed E-state index contributed by atoms with van der Waals surface area (Å²) in [7, 11) is 0. The lowest BCUT2D eigenvalue weighted by Crippen LogP contribution is -2.27. The lowest BCUT2D eigenvalue weighted by Gasteiger charge is -2.23. The Hall–Kier alpha value is -1.26. The van der Waals surface area contributed by atoms with Gasteiger partial charge in [0.15, 0.2) is 0 Å². The molecule has 1 N–H and O–H groups in total. The van der Waals surface area contributed by atoms with Crippen molar-refractivity contribution in [3.8, 4) is 0 Å². The van der Waals surface area contributed by atoms with E-state index in [1.54, 1.807) is 6.92 Å². The van der Waals surface area contributed by atoms with E-state index in [-0.39, 0.29) is 11.4 Å². The minimum Gasteiger partial charge on any atom is -0.365 e. The Morgan fingerprint density at radius 2 is 1.69 bits per heavy atom. The highest BCUT2D eigenvalue weighted by atomic mass is 19.4. The Balaban J connectivity index is 3.10. The fourth-order valence-corrected chi connectivity index (χ4v) is 1.17. The van der Waals surface area contributed by atoms with Crippen LogP contribution in [0.1, 0.15) is 32.0 Å². The molecule has 90 valence electrons. The van der Waals surface area contributed by atoms with Crippen LogP contribution in [0.2, 0.25) is 0 Å². The summed E-state index contributed by atoms with van der Waals surface area (Å²) in [6.45, 7) is 7.33. The van der Waals surface area contributed by atoms with Crippen LogP contribution in [0.15, 0.2) is 12.1 Å². The first kappa shape index (κ1) is 12.8. The molecule has 0 spiro atoms. The van der Waals surface area contributed by atoms with Gasteiger partial charge in [0.2, 0.25) is 0 Å². The lowest BCUT2D eigenvalue weighted by atomic mass is 10.1. The van der Waals surface area contributed by atoms with Crippen molar-refractivity contribution in [1.29, 1.82) is 0 Å². The van der Waals surface area contributed by atoms with E-state index in [9.17, 15) is 13.2 Å². The lowest BCUT2D eigenvalue weighted by molar-refractivity contribution is -0.141. The topological polar surface area (TPSA) is 24.9 Å². The highest BCUT2D eigenvalue weighted by Gasteiger charge is 2.33. The van der Waals surface area contributed by atoms with Crippen LogP contribution < -0.4 is 5.32 Å². The third-order valence-electron chi connectivity index (χ3n) is 1.88. The van der Waals surface area contributed by atoms with Gasteiger partial charge in [0.1, 0.15) is 11.5 Å². The maximum atomic E-state index is 12.4. The highest BCUT2D eigenvalue weighted by Crippen LogP contribution is 2.29. The predicted octanol–water partition coefficient (Wildman–Crippen LogP) is 3.62. The maximum Gasteiger partial charge on any atom is 0.433 e. The number of nitrogens with zero attached hydrogens (tertiary/aromatic N) is 1. The van der Waals surface area contributed by atoms with Crippen LogP contribution in [0.4, 0.5) is 19.0 Å². The zero-order valence-corrected chi connectivity index (χ0v) is 9.74. The number of rotatable bonds is 1. The number of alkyl halides is 3. The van der Waals surface area contributed by atoms with Crippen molar-refractivity contribution in [1.82, 2.24) is 4.98 Å². The van der Waals surface area contributed by atoms with Crippen LogP contribution in [0, 0.1) is 6.92 Å². The second-order valence-corrected chi connectivity index (χ2v) is 4.73. The van der Waals surface area contributed by atoms with E-state index in [0.717, 1.165) is 6.07 Å². The molecule has 0 aliphatic heterocycles. The first-order valence-electron chi connectivity index (χ1n) is 4.92. The molecule has 1 aromatic heterocycles. The van der Waals surface area contributed by atoms with Gasteiger partial charge in [-0.05, 0) is 39.3 Å². The molecule has 0 unspecified atom stereocenters. The molecule has 2 nitrogen and oxygen atoms in total. The van der Waals surface area contributed by atoms with Crippen LogP contribution in [0.3, 0.4) is 0 Å². The Morgan fingerprint density at radius 1 is 1.12 bits per heavy atom. The Kier molecular flexibility index (Phi) is 3.17. The quantitative estimate of drug-likeness (QED) is 0.799. The minimum atomic E-state index is -4.40. The van der Waals surface area contributed by atoms with Crippen LogP contribution in [-0.2, 0) is 6.18 Å². The van der Waals surface area contributed by atoms with Crippen molar-refractivity contribution in [3.63, 3.8) is 0 Å². The van der Waals surface area contributed by atoms with Gasteiger partial charge in [0.05, 0.1) is 0 Å². The first-order chi connectivity index (χ1) is 7.09. The molecule has 0 radical (unpaired) electrons. The summed E-state index contributed by atoms with van der Waals surface area (Å²) < 4.78 is 37.3. The molecule has 1 aromatic rings. The molecule has 0 saturated carbocycles. The summed E-state index contributed by atoms with van der Waals surface area (Å²) in [4.78, 5) is 3.59. The van der Waals surface area contributed by atoms with Crippen LogP contribution in [0.5, 0.6) is 0 Å². The zero-order valence-electron chi connectivity index (χ0n) is 9.74. The molecular formula is C11H15F3N2. The number of hydrogen-bond acceptors (Lipinski definition) is 2. The molecule has 0 aromatic carbocycles. The van der Waals surface area contributed by atoms with Gasteiger partial charge in [-0.3, -0.25) is 0 Å². The van der Waals surface area contributed by atoms with E-state index in [1.165, 1.54) is 6.07 Å². The standard InChI is InChI=1S/C11H15F3N2/c1-7-5-6-8(11(12,13)14)15-9(7)16-10(2,3)4/h5-6H,1-4H3,(H,15,16). The molecule has 16 heavy (non-hydrogen) atoms. The van der Waals surface area contributed by atoms with Crippen LogP contribution >= 0.6 is 0 Å². The van der Waals surface area contributed by atoms with Crippen molar-refractivity contribution >= 4 is 5.82 Å². The van der Waals surface area contributed by atoms with Crippen molar-refractivity contribution in [2.24, 2.45) is 0 Å². The summed E-state index contributed by atoms with van der Waals surface area (Å²) in [5.74, 6) is 0.280. The molecule has 0 aliphatic rings. The second kappa shape index (κ2) is 3.96. The SMILES string of the molecule is Cc1ccc(C(F)(F)F)nc1NC(C)(C)C. The molecule has 0 fully saturated rings. The summed E-state index contributed by atoms with van der Waals surface area (Å²) >= 11 is 0. The van der Waals surface area contributed by atoms with Gasteiger partial charge in [-0.15, -0.1) is 0 Å². The molecule has 0 bridgehead atoms. The average Bonchev–Trinajstić information content (AvgIpc) is 2.04. The number of nitrogens with one attached hydrogen (secondary N) is 1. The van der Waals surface area contributed by atoms with Gasteiger partial charge in [-0.1, -0.05) is 6.07 Å². The summed E-state index contributed by atoms with van der Waals surface area (Å²) in [6.07, 6.45) is -4.40. The second-order valence-electron chi connectivity index (χ2n) is 4.73. The number of aromatic nitrogens is 1. The number of hydrogen-bond donors (Lipinski definition) is 1. The van der Waals surface area contributed by atoms with Crippen molar-refractivity contribution in [3.05, 3.63) is 23.4 Å². The van der Waals surface area contributed by atoms with E-state index in [0.29, 0.717) is 5.56 Å². The van der Waals surface area contributed by atoms with E-state index >= 15 is 0 Å². The monoisotopic (exact) mass is 232 g/mol.